The molecule has 0 unspecified atom stereocenters. The fourth-order valence-corrected chi connectivity index (χ4v) is 1.56. The smallest absolute Gasteiger partial charge is 0.341 e. The highest BCUT2D eigenvalue weighted by molar-refractivity contribution is 6.17. The highest BCUT2D eigenvalue weighted by Gasteiger charge is 2.25. The van der Waals surface area contributed by atoms with Crippen LogP contribution in [0.3, 0.4) is 0 Å². The molecule has 0 aromatic carbocycles. The Hall–Kier alpha value is -1.30. The summed E-state index contributed by atoms with van der Waals surface area (Å²) in [5, 5.41) is 0. The summed E-state index contributed by atoms with van der Waals surface area (Å²) in [5.41, 5.74) is -1.61. The van der Waals surface area contributed by atoms with Gasteiger partial charge in [-0.3, -0.25) is 4.98 Å². The van der Waals surface area contributed by atoms with Gasteiger partial charge in [-0.05, 0) is 6.92 Å². The van der Waals surface area contributed by atoms with E-state index in [1.54, 1.807) is 0 Å². The van der Waals surface area contributed by atoms with E-state index in [9.17, 15) is 18.0 Å². The number of hydrogen-bond donors (Lipinski definition) is 0. The van der Waals surface area contributed by atoms with Gasteiger partial charge in [0.25, 0.3) is 6.43 Å². The minimum Gasteiger partial charge on any atom is -0.462 e. The van der Waals surface area contributed by atoms with Gasteiger partial charge in [-0.2, -0.15) is 0 Å². The van der Waals surface area contributed by atoms with Crippen LogP contribution in [0.4, 0.5) is 13.2 Å². The lowest BCUT2D eigenvalue weighted by atomic mass is 10.1. The number of nitrogens with zero attached hydrogens (tertiary/aromatic N) is 1. The van der Waals surface area contributed by atoms with Crippen molar-refractivity contribution in [1.29, 1.82) is 0 Å². The molecular weight excluding hydrogens is 259 g/mol. The zero-order valence-electron chi connectivity index (χ0n) is 8.84. The summed E-state index contributed by atoms with van der Waals surface area (Å²) in [6, 6.07) is 0. The molecule has 7 heteroatoms. The largest absolute Gasteiger partial charge is 0.462 e. The molecule has 1 aromatic heterocycles. The quantitative estimate of drug-likeness (QED) is 0.622. The van der Waals surface area contributed by atoms with Crippen molar-refractivity contribution in [3.05, 3.63) is 28.8 Å². The number of rotatable bonds is 4. The molecule has 17 heavy (non-hydrogen) atoms. The molecule has 3 nitrogen and oxygen atoms in total. The molecule has 0 bridgehead atoms. The molecule has 1 heterocycles. The maximum Gasteiger partial charge on any atom is 0.341 e. The maximum absolute atomic E-state index is 13.4. The fraction of sp³-hybridized carbons (Fsp3) is 0.400. The molecule has 0 saturated carbocycles. The Bertz CT molecular complexity index is 426. The molecule has 0 fully saturated rings. The van der Waals surface area contributed by atoms with Crippen LogP contribution in [-0.2, 0) is 10.6 Å². The van der Waals surface area contributed by atoms with Gasteiger partial charge < -0.3 is 4.74 Å². The number of ether oxygens (including phenoxy) is 1. The number of hydrogen-bond acceptors (Lipinski definition) is 3. The molecule has 1 aromatic rings. The molecule has 0 aliphatic heterocycles. The van der Waals surface area contributed by atoms with Crippen LogP contribution in [0, 0.1) is 5.82 Å². The van der Waals surface area contributed by atoms with E-state index in [0.29, 0.717) is 6.20 Å². The molecule has 0 spiro atoms. The van der Waals surface area contributed by atoms with Crippen LogP contribution >= 0.6 is 11.6 Å². The number of esters is 1. The van der Waals surface area contributed by atoms with Gasteiger partial charge in [-0.15, -0.1) is 11.6 Å². The Balaban J connectivity index is 3.35. The monoisotopic (exact) mass is 267 g/mol. The van der Waals surface area contributed by atoms with Crippen molar-refractivity contribution in [1.82, 2.24) is 4.98 Å². The van der Waals surface area contributed by atoms with Crippen LogP contribution in [0.25, 0.3) is 0 Å². The minimum absolute atomic E-state index is 0.00628. The van der Waals surface area contributed by atoms with Crippen LogP contribution in [0.5, 0.6) is 0 Å². The Morgan fingerprint density at radius 1 is 1.59 bits per heavy atom. The number of aromatic nitrogens is 1. The second-order valence-electron chi connectivity index (χ2n) is 3.00. The average molecular weight is 268 g/mol. The van der Waals surface area contributed by atoms with E-state index in [0.717, 1.165) is 0 Å². The fourth-order valence-electron chi connectivity index (χ4n) is 1.29. The van der Waals surface area contributed by atoms with Gasteiger partial charge in [0.2, 0.25) is 0 Å². The SMILES string of the molecule is CCOC(=O)c1c(F)cnc(C(F)F)c1CCl. The van der Waals surface area contributed by atoms with Crippen LogP contribution < -0.4 is 0 Å². The number of halogens is 4. The molecule has 0 amide bonds. The first-order valence-corrected chi connectivity index (χ1v) is 5.24. The van der Waals surface area contributed by atoms with Crippen LogP contribution in [0.15, 0.2) is 6.20 Å². The second-order valence-corrected chi connectivity index (χ2v) is 3.27. The van der Waals surface area contributed by atoms with Crippen LogP contribution in [-0.4, -0.2) is 17.6 Å². The van der Waals surface area contributed by atoms with Crippen LogP contribution in [0.2, 0.25) is 0 Å². The van der Waals surface area contributed by atoms with E-state index < -0.39 is 35.3 Å². The Kier molecular flexibility index (Phi) is 4.74. The van der Waals surface area contributed by atoms with E-state index >= 15 is 0 Å². The Morgan fingerprint density at radius 2 is 2.24 bits per heavy atom. The van der Waals surface area contributed by atoms with Crippen molar-refractivity contribution in [2.24, 2.45) is 0 Å². The van der Waals surface area contributed by atoms with Crippen molar-refractivity contribution in [2.45, 2.75) is 19.2 Å². The molecule has 0 N–H and O–H groups in total. The molecular formula is C10H9ClF3NO2. The Labute approximate surface area is 101 Å². The molecule has 94 valence electrons. The van der Waals surface area contributed by atoms with Crippen molar-refractivity contribution in [2.75, 3.05) is 6.61 Å². The van der Waals surface area contributed by atoms with Gasteiger partial charge in [0.15, 0.2) is 5.82 Å². The molecule has 0 atom stereocenters. The van der Waals surface area contributed by atoms with E-state index in [2.05, 4.69) is 9.72 Å². The first-order valence-electron chi connectivity index (χ1n) is 4.71. The lowest BCUT2D eigenvalue weighted by Crippen LogP contribution is -2.13. The molecule has 0 aliphatic rings. The lowest BCUT2D eigenvalue weighted by Gasteiger charge is -2.11. The third-order valence-corrected chi connectivity index (χ3v) is 2.25. The van der Waals surface area contributed by atoms with E-state index in [1.807, 2.05) is 0 Å². The molecule has 1 rings (SSSR count). The predicted octanol–water partition coefficient (Wildman–Crippen LogP) is 3.07. The van der Waals surface area contributed by atoms with Crippen molar-refractivity contribution >= 4 is 17.6 Å². The zero-order valence-corrected chi connectivity index (χ0v) is 9.60. The second kappa shape index (κ2) is 5.86. The normalized spacial score (nSPS) is 10.7. The number of carbonyl (C=O) groups is 1. The minimum atomic E-state index is -2.93. The predicted molar refractivity (Wildman–Crippen MR) is 54.7 cm³/mol. The number of alkyl halides is 3. The summed E-state index contributed by atoms with van der Waals surface area (Å²) in [5.74, 6) is -2.49. The highest BCUT2D eigenvalue weighted by Crippen LogP contribution is 2.26. The van der Waals surface area contributed by atoms with Gasteiger partial charge >= 0.3 is 5.97 Å². The Morgan fingerprint density at radius 3 is 2.71 bits per heavy atom. The zero-order chi connectivity index (χ0) is 13.0. The molecule has 0 aliphatic carbocycles. The lowest BCUT2D eigenvalue weighted by molar-refractivity contribution is 0.0519. The summed E-state index contributed by atoms with van der Waals surface area (Å²) >= 11 is 5.45. The van der Waals surface area contributed by atoms with Crippen molar-refractivity contribution in [3.8, 4) is 0 Å². The van der Waals surface area contributed by atoms with Gasteiger partial charge in [-0.25, -0.2) is 18.0 Å². The van der Waals surface area contributed by atoms with E-state index in [-0.39, 0.29) is 12.2 Å². The highest BCUT2D eigenvalue weighted by atomic mass is 35.5. The number of carbonyl (C=O) groups excluding carboxylic acids is 1. The summed E-state index contributed by atoms with van der Waals surface area (Å²) in [6.45, 7) is 1.53. The summed E-state index contributed by atoms with van der Waals surface area (Å²) < 4.78 is 43.1. The van der Waals surface area contributed by atoms with Crippen molar-refractivity contribution < 1.29 is 22.7 Å². The third-order valence-electron chi connectivity index (χ3n) is 1.99. The first kappa shape index (κ1) is 13.8. The summed E-state index contributed by atoms with van der Waals surface area (Å²) in [6.07, 6.45) is -2.37. The van der Waals surface area contributed by atoms with Gasteiger partial charge in [0.1, 0.15) is 11.3 Å². The van der Waals surface area contributed by atoms with Gasteiger partial charge in [0.05, 0.1) is 18.7 Å². The van der Waals surface area contributed by atoms with Gasteiger partial charge in [0, 0.05) is 5.56 Å². The average Bonchev–Trinajstić information content (AvgIpc) is 2.28. The topological polar surface area (TPSA) is 39.2 Å². The first-order chi connectivity index (χ1) is 8.02. The van der Waals surface area contributed by atoms with Crippen LogP contribution in [0.1, 0.15) is 35.0 Å². The van der Waals surface area contributed by atoms with E-state index in [4.69, 9.17) is 11.6 Å². The molecule has 0 saturated heterocycles. The summed E-state index contributed by atoms with van der Waals surface area (Å²) in [4.78, 5) is 14.7. The van der Waals surface area contributed by atoms with Crippen molar-refractivity contribution in [3.63, 3.8) is 0 Å². The maximum atomic E-state index is 13.4. The van der Waals surface area contributed by atoms with Gasteiger partial charge in [-0.1, -0.05) is 0 Å². The summed E-state index contributed by atoms with van der Waals surface area (Å²) in [7, 11) is 0. The van der Waals surface area contributed by atoms with E-state index in [1.165, 1.54) is 6.92 Å². The standard InChI is InChI=1S/C10H9ClF3NO2/c1-2-17-10(16)7-5(3-11)8(9(13)14)15-4-6(7)12/h4,9H,2-3H2,1H3. The third kappa shape index (κ3) is 2.88. The molecule has 0 radical (unpaired) electrons. The number of pyridine rings is 1.